The maximum Gasteiger partial charge on any atom is 0.248 e. The van der Waals surface area contributed by atoms with Gasteiger partial charge >= 0.3 is 0 Å². The molecule has 6 N–H and O–H groups in total. The number of amides is 4. The van der Waals surface area contributed by atoms with Crippen molar-refractivity contribution in [2.75, 3.05) is 18.2 Å². The first-order valence-corrected chi connectivity index (χ1v) is 11.6. The Hall–Kier alpha value is -3.57. The Labute approximate surface area is 201 Å². The first-order valence-electron chi connectivity index (χ1n) is 10.6. The lowest BCUT2D eigenvalue weighted by molar-refractivity contribution is -0.125. The van der Waals surface area contributed by atoms with Crippen LogP contribution in [0.25, 0.3) is 0 Å². The molecule has 0 saturated carbocycles. The summed E-state index contributed by atoms with van der Waals surface area (Å²) in [6.45, 7) is 0.355. The van der Waals surface area contributed by atoms with Crippen LogP contribution in [0.3, 0.4) is 0 Å². The molecule has 10 nitrogen and oxygen atoms in total. The average molecular weight is 486 g/mol. The zero-order chi connectivity index (χ0) is 24.5. The third kappa shape index (κ3) is 7.78. The molecule has 34 heavy (non-hydrogen) atoms. The van der Waals surface area contributed by atoms with Gasteiger partial charge in [0, 0.05) is 36.7 Å². The summed E-state index contributed by atoms with van der Waals surface area (Å²) < 4.78 is 5.18. The van der Waals surface area contributed by atoms with E-state index in [4.69, 9.17) is 10.5 Å². The summed E-state index contributed by atoms with van der Waals surface area (Å²) in [4.78, 5) is 47.8. The molecule has 0 radical (unpaired) electrons. The maximum absolute atomic E-state index is 12.4. The maximum atomic E-state index is 12.4. The van der Waals surface area contributed by atoms with Crippen molar-refractivity contribution in [3.8, 4) is 5.75 Å². The molecule has 4 amide bonds. The van der Waals surface area contributed by atoms with Gasteiger partial charge in [0.15, 0.2) is 0 Å². The number of anilines is 1. The van der Waals surface area contributed by atoms with Crippen LogP contribution in [0, 0.1) is 0 Å². The summed E-state index contributed by atoms with van der Waals surface area (Å²) >= 11 is 1.21. The number of nitrogens with one attached hydrogen (secondary N) is 4. The van der Waals surface area contributed by atoms with Crippen molar-refractivity contribution in [1.82, 2.24) is 16.0 Å². The third-order valence-corrected chi connectivity index (χ3v) is 6.02. The van der Waals surface area contributed by atoms with Crippen LogP contribution in [0.1, 0.15) is 28.8 Å². The SMILES string of the molecule is COc1cccc(CNC(=O)CC2CC(=O)NC(SCC(=O)Nc3ccc(C(N)=O)cc3)N2)c1. The minimum Gasteiger partial charge on any atom is -0.497 e. The largest absolute Gasteiger partial charge is 0.497 e. The summed E-state index contributed by atoms with van der Waals surface area (Å²) in [5.74, 6) is -0.407. The highest BCUT2D eigenvalue weighted by Gasteiger charge is 2.28. The van der Waals surface area contributed by atoms with Gasteiger partial charge in [0.05, 0.1) is 12.9 Å². The van der Waals surface area contributed by atoms with E-state index in [0.29, 0.717) is 23.5 Å². The molecule has 0 aliphatic carbocycles. The molecule has 1 aliphatic heterocycles. The fraction of sp³-hybridized carbons (Fsp3) is 0.304. The molecule has 180 valence electrons. The van der Waals surface area contributed by atoms with Crippen molar-refractivity contribution in [1.29, 1.82) is 0 Å². The molecular weight excluding hydrogens is 458 g/mol. The molecule has 1 fully saturated rings. The van der Waals surface area contributed by atoms with Crippen LogP contribution in [0.5, 0.6) is 5.75 Å². The Balaban J connectivity index is 1.42. The lowest BCUT2D eigenvalue weighted by Gasteiger charge is -2.30. The van der Waals surface area contributed by atoms with E-state index in [0.717, 1.165) is 5.56 Å². The Bertz CT molecular complexity index is 1050. The molecule has 0 spiro atoms. The summed E-state index contributed by atoms with van der Waals surface area (Å²) in [6.07, 6.45) is 0.301. The normalized spacial score (nSPS) is 17.4. The number of carbonyl (C=O) groups is 4. The third-order valence-electron chi connectivity index (χ3n) is 5.00. The van der Waals surface area contributed by atoms with Crippen molar-refractivity contribution in [2.45, 2.75) is 30.9 Å². The zero-order valence-electron chi connectivity index (χ0n) is 18.6. The fourth-order valence-corrected chi connectivity index (χ4v) is 4.21. The van der Waals surface area contributed by atoms with E-state index in [1.54, 1.807) is 19.2 Å². The van der Waals surface area contributed by atoms with E-state index >= 15 is 0 Å². The topological polar surface area (TPSA) is 152 Å². The minimum absolute atomic E-state index is 0.0737. The Kier molecular flexibility index (Phi) is 8.88. The van der Waals surface area contributed by atoms with E-state index in [-0.39, 0.29) is 42.4 Å². The number of rotatable bonds is 10. The smallest absolute Gasteiger partial charge is 0.248 e. The van der Waals surface area contributed by atoms with Gasteiger partial charge in [-0.2, -0.15) is 0 Å². The van der Waals surface area contributed by atoms with Crippen molar-refractivity contribution in [2.24, 2.45) is 5.73 Å². The number of methoxy groups -OCH3 is 1. The monoisotopic (exact) mass is 485 g/mol. The predicted molar refractivity (Wildman–Crippen MR) is 129 cm³/mol. The van der Waals surface area contributed by atoms with E-state index < -0.39 is 11.4 Å². The van der Waals surface area contributed by atoms with Crippen molar-refractivity contribution >= 4 is 41.1 Å². The number of benzene rings is 2. The second-order valence-electron chi connectivity index (χ2n) is 7.65. The van der Waals surface area contributed by atoms with Gasteiger partial charge in [-0.05, 0) is 42.0 Å². The van der Waals surface area contributed by atoms with Gasteiger partial charge in [-0.1, -0.05) is 12.1 Å². The molecule has 2 aromatic carbocycles. The Morgan fingerprint density at radius 1 is 1.15 bits per heavy atom. The Morgan fingerprint density at radius 3 is 2.62 bits per heavy atom. The molecular formula is C23H27N5O5S. The lowest BCUT2D eigenvalue weighted by atomic mass is 10.1. The van der Waals surface area contributed by atoms with Crippen LogP contribution in [-0.2, 0) is 20.9 Å². The zero-order valence-corrected chi connectivity index (χ0v) is 19.4. The molecule has 3 rings (SSSR count). The van der Waals surface area contributed by atoms with Crippen molar-refractivity contribution < 1.29 is 23.9 Å². The standard InChI is InChI=1S/C23H27N5O5S/c1-33-18-4-2-3-14(9-18)12-25-19(29)10-17-11-20(30)28-23(27-17)34-13-21(31)26-16-7-5-15(6-8-16)22(24)32/h2-9,17,23,27H,10-13H2,1H3,(H2,24,32)(H,25,29)(H,26,31)(H,28,30). The number of primary amides is 1. The molecule has 11 heteroatoms. The van der Waals surface area contributed by atoms with E-state index in [1.807, 2.05) is 24.3 Å². The molecule has 1 aliphatic rings. The fourth-order valence-electron chi connectivity index (χ4n) is 3.32. The van der Waals surface area contributed by atoms with Gasteiger partial charge in [-0.3, -0.25) is 24.5 Å². The number of hydrogen-bond donors (Lipinski definition) is 5. The number of hydrogen-bond acceptors (Lipinski definition) is 7. The number of ether oxygens (including phenoxy) is 1. The van der Waals surface area contributed by atoms with Gasteiger partial charge in [-0.25, -0.2) is 0 Å². The summed E-state index contributed by atoms with van der Waals surface area (Å²) in [5, 5.41) is 11.5. The molecule has 2 atom stereocenters. The Morgan fingerprint density at radius 2 is 1.91 bits per heavy atom. The predicted octanol–water partition coefficient (Wildman–Crippen LogP) is 0.934. The molecule has 0 bridgehead atoms. The first kappa shape index (κ1) is 25.1. The van der Waals surface area contributed by atoms with Crippen molar-refractivity contribution in [3.63, 3.8) is 0 Å². The van der Waals surface area contributed by atoms with Crippen LogP contribution in [0.2, 0.25) is 0 Å². The average Bonchev–Trinajstić information content (AvgIpc) is 2.81. The van der Waals surface area contributed by atoms with Gasteiger partial charge in [0.2, 0.25) is 23.6 Å². The number of thioether (sulfide) groups is 1. The molecule has 2 aromatic rings. The number of carbonyl (C=O) groups excluding carboxylic acids is 4. The van der Waals surface area contributed by atoms with Crippen LogP contribution < -0.4 is 31.7 Å². The highest BCUT2D eigenvalue weighted by molar-refractivity contribution is 8.00. The van der Waals surface area contributed by atoms with Gasteiger partial charge in [0.1, 0.15) is 11.2 Å². The lowest BCUT2D eigenvalue weighted by Crippen LogP contribution is -2.56. The number of nitrogens with two attached hydrogens (primary N) is 1. The van der Waals surface area contributed by atoms with Crippen LogP contribution in [0.4, 0.5) is 5.69 Å². The first-order chi connectivity index (χ1) is 16.3. The minimum atomic E-state index is -0.545. The van der Waals surface area contributed by atoms with Crippen molar-refractivity contribution in [3.05, 3.63) is 59.7 Å². The van der Waals surface area contributed by atoms with Gasteiger partial charge < -0.3 is 26.4 Å². The summed E-state index contributed by atoms with van der Waals surface area (Å²) in [5.41, 5.74) is 6.49. The van der Waals surface area contributed by atoms with E-state index in [9.17, 15) is 19.2 Å². The highest BCUT2D eigenvalue weighted by Crippen LogP contribution is 2.16. The van der Waals surface area contributed by atoms with Gasteiger partial charge in [0.25, 0.3) is 0 Å². The molecule has 2 unspecified atom stereocenters. The highest BCUT2D eigenvalue weighted by atomic mass is 32.2. The quantitative estimate of drug-likeness (QED) is 0.336. The second kappa shape index (κ2) is 12.1. The van der Waals surface area contributed by atoms with Crippen LogP contribution in [-0.4, -0.2) is 48.0 Å². The van der Waals surface area contributed by atoms with Crippen LogP contribution >= 0.6 is 11.8 Å². The molecule has 0 aromatic heterocycles. The van der Waals surface area contributed by atoms with E-state index in [2.05, 4.69) is 21.3 Å². The van der Waals surface area contributed by atoms with Crippen LogP contribution in [0.15, 0.2) is 48.5 Å². The van der Waals surface area contributed by atoms with E-state index in [1.165, 1.54) is 23.9 Å². The summed E-state index contributed by atoms with van der Waals surface area (Å²) in [7, 11) is 1.58. The molecule has 1 heterocycles. The summed E-state index contributed by atoms with van der Waals surface area (Å²) in [6, 6.07) is 13.3. The second-order valence-corrected chi connectivity index (χ2v) is 8.74. The van der Waals surface area contributed by atoms with Gasteiger partial charge in [-0.15, -0.1) is 11.8 Å². The molecule has 1 saturated heterocycles.